The van der Waals surface area contributed by atoms with Crippen molar-refractivity contribution in [2.24, 2.45) is 18.9 Å². The van der Waals surface area contributed by atoms with Crippen LogP contribution in [0.5, 0.6) is 0 Å². The Bertz CT molecular complexity index is 1850. The van der Waals surface area contributed by atoms with Crippen molar-refractivity contribution in [3.63, 3.8) is 0 Å². The zero-order valence-electron chi connectivity index (χ0n) is 23.9. The number of nitrogens with zero attached hydrogens (tertiary/aromatic N) is 4. The Balaban J connectivity index is 1.17. The van der Waals surface area contributed by atoms with Crippen molar-refractivity contribution in [1.29, 1.82) is 0 Å². The Morgan fingerprint density at radius 2 is 2.00 bits per heavy atom. The first-order valence-electron chi connectivity index (χ1n) is 14.0. The number of aromatic nitrogens is 3. The second-order valence-electron chi connectivity index (χ2n) is 11.2. The number of rotatable bonds is 8. The third-order valence-corrected chi connectivity index (χ3v) is 12.7. The van der Waals surface area contributed by atoms with E-state index in [0.717, 1.165) is 44.1 Å². The van der Waals surface area contributed by atoms with Gasteiger partial charge in [-0.05, 0) is 73.6 Å². The molecule has 2 aliphatic rings. The summed E-state index contributed by atoms with van der Waals surface area (Å²) in [4.78, 5) is 19.8. The number of amides is 1. The molecule has 5 heterocycles. The van der Waals surface area contributed by atoms with Gasteiger partial charge < -0.3 is 4.90 Å². The molecular formula is C30H30F3N5O3S3. The SMILES string of the molecule is C=C[C@@H](CNS(=O)(=O)c1ccc(-c2cc(C(F)(F)F)n(C)n2)s1)[C@H]1CCN2C(=O)S[C@@H](c3ccnc4ccc(C)cc34)[C@@H]2C1. The van der Waals surface area contributed by atoms with Gasteiger partial charge >= 0.3 is 6.18 Å². The topological polar surface area (TPSA) is 97.2 Å². The summed E-state index contributed by atoms with van der Waals surface area (Å²) in [5.41, 5.74) is 2.20. The number of nitrogens with one attached hydrogen (secondary N) is 1. The molecule has 1 aromatic carbocycles. The first-order chi connectivity index (χ1) is 20.9. The van der Waals surface area contributed by atoms with Crippen LogP contribution < -0.4 is 4.72 Å². The van der Waals surface area contributed by atoms with Crippen LogP contribution in [0.3, 0.4) is 0 Å². The quantitative estimate of drug-likeness (QED) is 0.209. The standard InChI is InChI=1S/C30H30F3N5O3S3/c1-4-18(16-35-44(40,41)27-8-7-25(42-27)23-15-26(30(31,32)33)37(3)36-23)19-10-12-38-24(14-19)28(43-29(38)39)20-9-11-34-22-6-5-17(2)13-21(20)22/h4-9,11,13,15,18-19,24,28,35H,1,10,12,14,16H2,2-3H3/t18-,19-,24-,28-/m0/s1. The maximum Gasteiger partial charge on any atom is 0.433 e. The lowest BCUT2D eigenvalue weighted by molar-refractivity contribution is -0.143. The lowest BCUT2D eigenvalue weighted by atomic mass is 9.79. The number of hydrogen-bond donors (Lipinski definition) is 1. The summed E-state index contributed by atoms with van der Waals surface area (Å²) < 4.78 is 69.5. The van der Waals surface area contributed by atoms with Crippen LogP contribution in [-0.4, -0.2) is 52.5 Å². The molecule has 6 rings (SSSR count). The molecule has 3 aromatic heterocycles. The van der Waals surface area contributed by atoms with Gasteiger partial charge in [-0.1, -0.05) is 29.5 Å². The molecule has 4 atom stereocenters. The summed E-state index contributed by atoms with van der Waals surface area (Å²) in [7, 11) is -2.75. The molecule has 2 aliphatic heterocycles. The van der Waals surface area contributed by atoms with E-state index in [4.69, 9.17) is 0 Å². The minimum atomic E-state index is -4.57. The van der Waals surface area contributed by atoms with Crippen LogP contribution in [0.15, 0.2) is 65.5 Å². The minimum Gasteiger partial charge on any atom is -0.329 e. The number of hydrogen-bond acceptors (Lipinski definition) is 7. The first-order valence-corrected chi connectivity index (χ1v) is 17.2. The van der Waals surface area contributed by atoms with Crippen molar-refractivity contribution >= 4 is 49.3 Å². The van der Waals surface area contributed by atoms with E-state index in [0.29, 0.717) is 24.3 Å². The Morgan fingerprint density at radius 1 is 1.20 bits per heavy atom. The van der Waals surface area contributed by atoms with Crippen molar-refractivity contribution in [1.82, 2.24) is 24.4 Å². The lowest BCUT2D eigenvalue weighted by Gasteiger charge is -2.39. The number of thiophene rings is 1. The van der Waals surface area contributed by atoms with E-state index in [-0.39, 0.29) is 44.8 Å². The lowest BCUT2D eigenvalue weighted by Crippen LogP contribution is -2.44. The Hall–Kier alpha value is -3.20. The predicted molar refractivity (Wildman–Crippen MR) is 166 cm³/mol. The molecule has 2 fully saturated rings. The summed E-state index contributed by atoms with van der Waals surface area (Å²) in [5.74, 6) is -0.0947. The summed E-state index contributed by atoms with van der Waals surface area (Å²) in [6, 6.07) is 11.8. The fraction of sp³-hybridized carbons (Fsp3) is 0.367. The fourth-order valence-corrected chi connectivity index (χ4v) is 9.86. The molecule has 0 bridgehead atoms. The van der Waals surface area contributed by atoms with Crippen LogP contribution in [0.2, 0.25) is 0 Å². The molecular weight excluding hydrogens is 632 g/mol. The van der Waals surface area contributed by atoms with E-state index in [1.54, 1.807) is 12.3 Å². The van der Waals surface area contributed by atoms with Crippen LogP contribution in [0.25, 0.3) is 21.5 Å². The molecule has 0 radical (unpaired) electrons. The smallest absolute Gasteiger partial charge is 0.329 e. The third-order valence-electron chi connectivity index (χ3n) is 8.42. The van der Waals surface area contributed by atoms with Crippen LogP contribution in [0.4, 0.5) is 18.0 Å². The van der Waals surface area contributed by atoms with E-state index < -0.39 is 21.9 Å². The van der Waals surface area contributed by atoms with Gasteiger partial charge in [0.05, 0.1) is 15.6 Å². The van der Waals surface area contributed by atoms with E-state index in [9.17, 15) is 26.4 Å². The van der Waals surface area contributed by atoms with Gasteiger partial charge in [0.15, 0.2) is 0 Å². The van der Waals surface area contributed by atoms with Gasteiger partial charge in [-0.15, -0.1) is 17.9 Å². The molecule has 232 valence electrons. The maximum absolute atomic E-state index is 13.2. The largest absolute Gasteiger partial charge is 0.433 e. The van der Waals surface area contributed by atoms with E-state index in [1.807, 2.05) is 30.0 Å². The molecule has 0 aliphatic carbocycles. The molecule has 8 nitrogen and oxygen atoms in total. The summed E-state index contributed by atoms with van der Waals surface area (Å²) in [5, 5.41) is 4.93. The highest BCUT2D eigenvalue weighted by molar-refractivity contribution is 8.14. The van der Waals surface area contributed by atoms with Gasteiger partial charge in [0.1, 0.15) is 15.6 Å². The molecule has 0 spiro atoms. The van der Waals surface area contributed by atoms with Crippen LogP contribution in [-0.2, 0) is 23.2 Å². The van der Waals surface area contributed by atoms with Gasteiger partial charge in [-0.3, -0.25) is 14.5 Å². The number of pyridine rings is 1. The molecule has 0 unspecified atom stereocenters. The predicted octanol–water partition coefficient (Wildman–Crippen LogP) is 6.79. The van der Waals surface area contributed by atoms with Crippen molar-refractivity contribution in [3.05, 3.63) is 78.1 Å². The number of carbonyl (C=O) groups is 1. The maximum atomic E-state index is 13.2. The second-order valence-corrected chi connectivity index (χ2v) is 15.3. The highest BCUT2D eigenvalue weighted by atomic mass is 32.2. The van der Waals surface area contributed by atoms with E-state index in [2.05, 4.69) is 27.5 Å². The summed E-state index contributed by atoms with van der Waals surface area (Å²) >= 11 is 2.20. The number of halogens is 3. The Labute approximate surface area is 261 Å². The number of fused-ring (bicyclic) bond motifs is 2. The monoisotopic (exact) mass is 661 g/mol. The van der Waals surface area contributed by atoms with Crippen molar-refractivity contribution in [2.75, 3.05) is 13.1 Å². The number of piperidine rings is 1. The van der Waals surface area contributed by atoms with Crippen LogP contribution >= 0.6 is 23.1 Å². The average Bonchev–Trinajstić information content (AvgIpc) is 3.70. The first kappa shape index (κ1) is 30.8. The highest BCUT2D eigenvalue weighted by Gasteiger charge is 2.46. The Morgan fingerprint density at radius 3 is 2.73 bits per heavy atom. The number of thioether (sulfide) groups is 1. The zero-order valence-corrected chi connectivity index (χ0v) is 26.4. The van der Waals surface area contributed by atoms with Gasteiger partial charge in [-0.25, -0.2) is 13.1 Å². The fourth-order valence-electron chi connectivity index (χ4n) is 6.16. The summed E-state index contributed by atoms with van der Waals surface area (Å²) in [6.45, 7) is 6.70. The van der Waals surface area contributed by atoms with E-state index in [1.165, 1.54) is 30.9 Å². The Kier molecular flexibility index (Phi) is 8.14. The van der Waals surface area contributed by atoms with E-state index >= 15 is 0 Å². The number of aryl methyl sites for hydroxylation is 2. The number of benzene rings is 1. The highest BCUT2D eigenvalue weighted by Crippen LogP contribution is 2.50. The van der Waals surface area contributed by atoms with Crippen LogP contribution in [0.1, 0.15) is 34.9 Å². The van der Waals surface area contributed by atoms with Crippen LogP contribution in [0, 0.1) is 18.8 Å². The zero-order chi connectivity index (χ0) is 31.4. The van der Waals surface area contributed by atoms with Crippen molar-refractivity contribution in [2.45, 2.75) is 41.4 Å². The third kappa shape index (κ3) is 5.80. The molecule has 44 heavy (non-hydrogen) atoms. The molecule has 14 heteroatoms. The average molecular weight is 662 g/mol. The van der Waals surface area contributed by atoms with Gasteiger partial charge in [0.25, 0.3) is 5.24 Å². The molecule has 0 saturated carbocycles. The van der Waals surface area contributed by atoms with Gasteiger partial charge in [0.2, 0.25) is 10.0 Å². The molecule has 1 N–H and O–H groups in total. The summed E-state index contributed by atoms with van der Waals surface area (Å²) in [6.07, 6.45) is 0.385. The molecule has 1 amide bonds. The van der Waals surface area contributed by atoms with Gasteiger partial charge in [-0.2, -0.15) is 18.3 Å². The normalized spacial score (nSPS) is 21.5. The number of carbonyl (C=O) groups excluding carboxylic acids is 1. The van der Waals surface area contributed by atoms with Crippen molar-refractivity contribution < 1.29 is 26.4 Å². The second kappa shape index (κ2) is 11.6. The molecule has 2 saturated heterocycles. The number of alkyl halides is 3. The van der Waals surface area contributed by atoms with Gasteiger partial charge in [0, 0.05) is 37.8 Å². The molecule has 4 aromatic rings. The van der Waals surface area contributed by atoms with Crippen molar-refractivity contribution in [3.8, 4) is 10.6 Å². The number of sulfonamides is 1. The minimum absolute atomic E-state index is 0.0120.